The minimum Gasteiger partial charge on any atom is -0.346 e. The van der Waals surface area contributed by atoms with Crippen LogP contribution in [0.5, 0.6) is 0 Å². The van der Waals surface area contributed by atoms with Gasteiger partial charge in [0.25, 0.3) is 0 Å². The average molecular weight is 291 g/mol. The maximum atomic E-state index is 4.37. The first-order valence-electron chi connectivity index (χ1n) is 6.83. The Kier molecular flexibility index (Phi) is 2.82. The highest BCUT2D eigenvalue weighted by atomic mass is 15.2. The van der Waals surface area contributed by atoms with Gasteiger partial charge in [0, 0.05) is 11.8 Å². The summed E-state index contributed by atoms with van der Waals surface area (Å²) in [5, 5.41) is 11.1. The van der Waals surface area contributed by atoms with E-state index in [1.807, 2.05) is 37.4 Å². The predicted octanol–water partition coefficient (Wildman–Crippen LogP) is 2.80. The van der Waals surface area contributed by atoms with Crippen LogP contribution in [0.25, 0.3) is 22.4 Å². The molecule has 7 nitrogen and oxygen atoms in total. The van der Waals surface area contributed by atoms with Crippen LogP contribution in [0.2, 0.25) is 0 Å². The van der Waals surface area contributed by atoms with Gasteiger partial charge < -0.3 is 10.3 Å². The van der Waals surface area contributed by atoms with E-state index in [0.29, 0.717) is 5.82 Å². The number of aromatic nitrogens is 6. The van der Waals surface area contributed by atoms with E-state index in [4.69, 9.17) is 0 Å². The summed E-state index contributed by atoms with van der Waals surface area (Å²) in [6, 6.07) is 7.88. The molecule has 108 valence electrons. The Balaban J connectivity index is 1.82. The summed E-state index contributed by atoms with van der Waals surface area (Å²) >= 11 is 0. The molecule has 1 aromatic carbocycles. The number of para-hydroxylation sites is 1. The first-order chi connectivity index (χ1) is 10.8. The molecule has 0 unspecified atom stereocenters. The third kappa shape index (κ3) is 1.99. The van der Waals surface area contributed by atoms with Crippen LogP contribution >= 0.6 is 0 Å². The molecule has 7 heteroatoms. The minimum atomic E-state index is 0.708. The lowest BCUT2D eigenvalue weighted by Crippen LogP contribution is -1.98. The fourth-order valence-electron chi connectivity index (χ4n) is 2.47. The van der Waals surface area contributed by atoms with Gasteiger partial charge in [-0.15, -0.1) is 0 Å². The number of aromatic amines is 2. The molecule has 4 rings (SSSR count). The van der Waals surface area contributed by atoms with Crippen LogP contribution in [0.3, 0.4) is 0 Å². The zero-order chi connectivity index (χ0) is 14.9. The molecular formula is C15H13N7. The van der Waals surface area contributed by atoms with E-state index in [0.717, 1.165) is 33.7 Å². The molecule has 22 heavy (non-hydrogen) atoms. The van der Waals surface area contributed by atoms with Crippen LogP contribution < -0.4 is 5.32 Å². The molecule has 0 bridgehead atoms. The van der Waals surface area contributed by atoms with E-state index in [1.165, 1.54) is 12.7 Å². The zero-order valence-electron chi connectivity index (χ0n) is 11.8. The summed E-state index contributed by atoms with van der Waals surface area (Å²) < 4.78 is 0. The van der Waals surface area contributed by atoms with Crippen LogP contribution in [0, 0.1) is 6.92 Å². The third-order valence-corrected chi connectivity index (χ3v) is 3.52. The van der Waals surface area contributed by atoms with Crippen molar-refractivity contribution in [3.8, 4) is 11.4 Å². The van der Waals surface area contributed by atoms with E-state index in [-0.39, 0.29) is 0 Å². The fraction of sp³-hybridized carbons (Fsp3) is 0.0667. The van der Waals surface area contributed by atoms with Gasteiger partial charge in [-0.25, -0.2) is 15.0 Å². The Hall–Kier alpha value is -3.22. The average Bonchev–Trinajstić information content (AvgIpc) is 3.19. The van der Waals surface area contributed by atoms with Crippen molar-refractivity contribution in [3.05, 3.63) is 48.7 Å². The molecule has 0 aliphatic heterocycles. The van der Waals surface area contributed by atoms with Crippen molar-refractivity contribution in [2.24, 2.45) is 0 Å². The number of nitrogens with zero attached hydrogens (tertiary/aromatic N) is 4. The SMILES string of the molecule is Cc1c[nH]c2ncnc(Nc3ccccc3-c3ncn[nH]3)c12. The molecule has 0 amide bonds. The first-order valence-corrected chi connectivity index (χ1v) is 6.83. The van der Waals surface area contributed by atoms with Gasteiger partial charge in [0.2, 0.25) is 0 Å². The van der Waals surface area contributed by atoms with Crippen LogP contribution in [0.15, 0.2) is 43.1 Å². The molecule has 0 saturated carbocycles. The lowest BCUT2D eigenvalue weighted by Gasteiger charge is -2.10. The van der Waals surface area contributed by atoms with Gasteiger partial charge in [-0.1, -0.05) is 12.1 Å². The van der Waals surface area contributed by atoms with Gasteiger partial charge >= 0.3 is 0 Å². The van der Waals surface area contributed by atoms with E-state index < -0.39 is 0 Å². The van der Waals surface area contributed by atoms with Crippen LogP contribution in [-0.4, -0.2) is 30.1 Å². The van der Waals surface area contributed by atoms with E-state index in [2.05, 4.69) is 35.5 Å². The number of nitrogens with one attached hydrogen (secondary N) is 3. The van der Waals surface area contributed by atoms with Crippen molar-refractivity contribution < 1.29 is 0 Å². The number of anilines is 2. The van der Waals surface area contributed by atoms with Crippen molar-refractivity contribution in [1.82, 2.24) is 30.1 Å². The summed E-state index contributed by atoms with van der Waals surface area (Å²) in [6.45, 7) is 2.02. The monoisotopic (exact) mass is 291 g/mol. The summed E-state index contributed by atoms with van der Waals surface area (Å²) in [7, 11) is 0. The van der Waals surface area contributed by atoms with E-state index >= 15 is 0 Å². The normalized spacial score (nSPS) is 11.0. The Morgan fingerprint density at radius 2 is 1.95 bits per heavy atom. The Morgan fingerprint density at radius 1 is 1.05 bits per heavy atom. The van der Waals surface area contributed by atoms with Gasteiger partial charge in [0.1, 0.15) is 24.1 Å². The van der Waals surface area contributed by atoms with Crippen molar-refractivity contribution >= 4 is 22.5 Å². The zero-order valence-corrected chi connectivity index (χ0v) is 11.8. The van der Waals surface area contributed by atoms with Crippen LogP contribution in [-0.2, 0) is 0 Å². The molecule has 0 spiro atoms. The highest BCUT2D eigenvalue weighted by Crippen LogP contribution is 2.30. The second-order valence-corrected chi connectivity index (χ2v) is 4.92. The first kappa shape index (κ1) is 12.5. The predicted molar refractivity (Wildman–Crippen MR) is 83.7 cm³/mol. The summed E-state index contributed by atoms with van der Waals surface area (Å²) in [6.07, 6.45) is 4.95. The number of H-pyrrole nitrogens is 2. The third-order valence-electron chi connectivity index (χ3n) is 3.52. The smallest absolute Gasteiger partial charge is 0.157 e. The maximum absolute atomic E-state index is 4.37. The van der Waals surface area contributed by atoms with Crippen molar-refractivity contribution in [2.75, 3.05) is 5.32 Å². The molecule has 0 fully saturated rings. The Morgan fingerprint density at radius 3 is 2.82 bits per heavy atom. The van der Waals surface area contributed by atoms with Gasteiger partial charge in [-0.05, 0) is 24.6 Å². The van der Waals surface area contributed by atoms with Crippen LogP contribution in [0.4, 0.5) is 11.5 Å². The lowest BCUT2D eigenvalue weighted by atomic mass is 10.1. The van der Waals surface area contributed by atoms with Gasteiger partial charge in [0.15, 0.2) is 5.82 Å². The molecule has 0 radical (unpaired) electrons. The van der Waals surface area contributed by atoms with Crippen molar-refractivity contribution in [2.45, 2.75) is 6.92 Å². The summed E-state index contributed by atoms with van der Waals surface area (Å²) in [5.74, 6) is 1.47. The number of hydrogen-bond acceptors (Lipinski definition) is 5. The second-order valence-electron chi connectivity index (χ2n) is 4.92. The molecule has 0 atom stereocenters. The van der Waals surface area contributed by atoms with Gasteiger partial charge in [-0.2, -0.15) is 5.10 Å². The number of benzene rings is 1. The van der Waals surface area contributed by atoms with Gasteiger partial charge in [0.05, 0.1) is 11.1 Å². The Bertz CT molecular complexity index is 924. The molecule has 3 heterocycles. The van der Waals surface area contributed by atoms with Crippen molar-refractivity contribution in [1.29, 1.82) is 0 Å². The second kappa shape index (κ2) is 4.96. The molecule has 3 N–H and O–H groups in total. The Labute approximate surface area is 125 Å². The highest BCUT2D eigenvalue weighted by molar-refractivity contribution is 5.93. The highest BCUT2D eigenvalue weighted by Gasteiger charge is 2.12. The fourth-order valence-corrected chi connectivity index (χ4v) is 2.47. The quantitative estimate of drug-likeness (QED) is 0.539. The minimum absolute atomic E-state index is 0.708. The standard InChI is InChI=1S/C15H13N7/c1-9-6-16-14-12(9)15(18-7-17-14)21-11-5-3-2-4-10(11)13-19-8-20-22-13/h2-8H,1H3,(H,19,20,22)(H2,16,17,18,21). The molecule has 0 saturated heterocycles. The van der Waals surface area contributed by atoms with Crippen molar-refractivity contribution in [3.63, 3.8) is 0 Å². The van der Waals surface area contributed by atoms with E-state index in [1.54, 1.807) is 0 Å². The molecule has 0 aliphatic carbocycles. The number of rotatable bonds is 3. The summed E-state index contributed by atoms with van der Waals surface area (Å²) in [5.41, 5.74) is 3.74. The summed E-state index contributed by atoms with van der Waals surface area (Å²) in [4.78, 5) is 16.0. The molecule has 4 aromatic rings. The largest absolute Gasteiger partial charge is 0.346 e. The molecule has 3 aromatic heterocycles. The number of aryl methyl sites for hydroxylation is 1. The maximum Gasteiger partial charge on any atom is 0.157 e. The number of fused-ring (bicyclic) bond motifs is 1. The molecule has 0 aliphatic rings. The molecular weight excluding hydrogens is 278 g/mol. The number of hydrogen-bond donors (Lipinski definition) is 3. The van der Waals surface area contributed by atoms with E-state index in [9.17, 15) is 0 Å². The van der Waals surface area contributed by atoms with Gasteiger partial charge in [-0.3, -0.25) is 5.10 Å². The van der Waals surface area contributed by atoms with Crippen LogP contribution in [0.1, 0.15) is 5.56 Å². The topological polar surface area (TPSA) is 95.2 Å². The lowest BCUT2D eigenvalue weighted by molar-refractivity contribution is 1.09.